The number of benzene rings is 4. The van der Waals surface area contributed by atoms with Crippen molar-refractivity contribution in [2.24, 2.45) is 0 Å². The molecule has 0 amide bonds. The number of hydrogen-bond donors (Lipinski definition) is 0. The van der Waals surface area contributed by atoms with Crippen LogP contribution in [0.1, 0.15) is 52.7 Å². The van der Waals surface area contributed by atoms with E-state index in [1.807, 2.05) is 54.6 Å². The number of hydrogen-bond acceptors (Lipinski definition) is 7. The van der Waals surface area contributed by atoms with Gasteiger partial charge in [0.05, 0.1) is 7.11 Å². The van der Waals surface area contributed by atoms with Gasteiger partial charge in [-0.25, -0.2) is 0 Å². The normalized spacial score (nSPS) is 15.3. The van der Waals surface area contributed by atoms with Crippen LogP contribution in [0.3, 0.4) is 0 Å². The van der Waals surface area contributed by atoms with Gasteiger partial charge >= 0.3 is 0 Å². The van der Waals surface area contributed by atoms with Gasteiger partial charge in [-0.2, -0.15) is 0 Å². The fourth-order valence-corrected chi connectivity index (χ4v) is 7.91. The lowest BCUT2D eigenvalue weighted by molar-refractivity contribution is 0.104. The highest BCUT2D eigenvalue weighted by Gasteiger charge is 2.24. The molecule has 47 heavy (non-hydrogen) atoms. The van der Waals surface area contributed by atoms with Crippen LogP contribution in [0.2, 0.25) is 0 Å². The lowest BCUT2D eigenvalue weighted by Crippen LogP contribution is -2.25. The van der Waals surface area contributed by atoms with Gasteiger partial charge < -0.3 is 14.2 Å². The number of ketones is 1. The minimum Gasteiger partial charge on any atom is -0.496 e. The Labute approximate surface area is 281 Å². The molecule has 2 aliphatic rings. The highest BCUT2D eigenvalue weighted by Crippen LogP contribution is 2.42. The summed E-state index contributed by atoms with van der Waals surface area (Å²) in [5.74, 6) is 2.37. The largest absolute Gasteiger partial charge is 0.496 e. The van der Waals surface area contributed by atoms with Crippen molar-refractivity contribution < 1.29 is 19.0 Å². The Balaban J connectivity index is 1.19. The molecule has 242 valence electrons. The minimum absolute atomic E-state index is 0.0128. The van der Waals surface area contributed by atoms with Gasteiger partial charge in [0, 0.05) is 44.7 Å². The Morgan fingerprint density at radius 3 is 2.23 bits per heavy atom. The molecule has 7 heteroatoms. The third-order valence-corrected chi connectivity index (χ3v) is 10.5. The number of methoxy groups -OCH3 is 1. The van der Waals surface area contributed by atoms with Crippen LogP contribution in [-0.4, -0.2) is 62.0 Å². The number of carbonyl (C=O) groups is 1. The lowest BCUT2D eigenvalue weighted by atomic mass is 9.96. The molecule has 4 aromatic carbocycles. The highest BCUT2D eigenvalue weighted by molar-refractivity contribution is 7.22. The van der Waals surface area contributed by atoms with Gasteiger partial charge in [-0.05, 0) is 112 Å². The number of nitrogens with zero attached hydrogens (tertiary/aromatic N) is 2. The van der Waals surface area contributed by atoms with Crippen molar-refractivity contribution in [2.75, 3.05) is 46.4 Å². The number of carbonyl (C=O) groups excluding carboxylic acids is 1. The zero-order valence-electron chi connectivity index (χ0n) is 27.1. The summed E-state index contributed by atoms with van der Waals surface area (Å²) in [6.45, 7) is 7.48. The van der Waals surface area contributed by atoms with Crippen LogP contribution in [0.4, 0.5) is 0 Å². The molecule has 5 aromatic rings. The molecule has 2 saturated heterocycles. The summed E-state index contributed by atoms with van der Waals surface area (Å²) in [6, 6.07) is 30.3. The van der Waals surface area contributed by atoms with Crippen molar-refractivity contribution in [3.8, 4) is 27.7 Å². The SMILES string of the molecule is COc1cc(C(=O)c2c(-c3ccc(OCCN4CCCC4)cc3)sc3cc(OCc4ccccc4)ccc23)ccc1CN1CCCC1. The fraction of sp³-hybridized carbons (Fsp3) is 0.325. The van der Waals surface area contributed by atoms with Gasteiger partial charge in [0.1, 0.15) is 30.5 Å². The first-order valence-electron chi connectivity index (χ1n) is 16.8. The maximum Gasteiger partial charge on any atom is 0.195 e. The maximum absolute atomic E-state index is 14.4. The first-order valence-corrected chi connectivity index (χ1v) is 17.6. The first kappa shape index (κ1) is 31.4. The number of thiophene rings is 1. The molecule has 2 fully saturated rings. The van der Waals surface area contributed by atoms with Gasteiger partial charge in [0.2, 0.25) is 0 Å². The number of ether oxygens (including phenoxy) is 3. The predicted octanol–water partition coefficient (Wildman–Crippen LogP) is 8.46. The number of fused-ring (bicyclic) bond motifs is 1. The average molecular weight is 647 g/mol. The van der Waals surface area contributed by atoms with Crippen molar-refractivity contribution in [1.82, 2.24) is 9.80 Å². The summed E-state index contributed by atoms with van der Waals surface area (Å²) in [5, 5.41) is 0.924. The van der Waals surface area contributed by atoms with Gasteiger partial charge in [-0.1, -0.05) is 42.5 Å². The molecular weight excluding hydrogens is 605 g/mol. The van der Waals surface area contributed by atoms with E-state index in [1.165, 1.54) is 25.7 Å². The lowest BCUT2D eigenvalue weighted by Gasteiger charge is -2.17. The molecule has 0 radical (unpaired) electrons. The molecule has 0 bridgehead atoms. The van der Waals surface area contributed by atoms with Crippen LogP contribution >= 0.6 is 11.3 Å². The molecule has 3 heterocycles. The fourth-order valence-electron chi connectivity index (χ4n) is 6.68. The summed E-state index contributed by atoms with van der Waals surface area (Å²) < 4.78 is 19.1. The molecule has 0 saturated carbocycles. The Kier molecular flexibility index (Phi) is 9.84. The summed E-state index contributed by atoms with van der Waals surface area (Å²) >= 11 is 1.62. The Morgan fingerprint density at radius 1 is 0.766 bits per heavy atom. The molecule has 0 N–H and O–H groups in total. The van der Waals surface area contributed by atoms with Crippen LogP contribution in [0, 0.1) is 0 Å². The van der Waals surface area contributed by atoms with E-state index in [4.69, 9.17) is 14.2 Å². The molecule has 0 unspecified atom stereocenters. The van der Waals surface area contributed by atoms with E-state index >= 15 is 0 Å². The molecule has 1 aromatic heterocycles. The molecule has 0 atom stereocenters. The zero-order valence-corrected chi connectivity index (χ0v) is 27.9. The van der Waals surface area contributed by atoms with Crippen LogP contribution in [0.25, 0.3) is 20.5 Å². The van der Waals surface area contributed by atoms with Crippen LogP contribution < -0.4 is 14.2 Å². The van der Waals surface area contributed by atoms with E-state index in [9.17, 15) is 4.79 Å². The van der Waals surface area contributed by atoms with Gasteiger partial charge in [-0.15, -0.1) is 11.3 Å². The minimum atomic E-state index is -0.0128. The second-order valence-electron chi connectivity index (χ2n) is 12.5. The van der Waals surface area contributed by atoms with E-state index in [1.54, 1.807) is 18.4 Å². The standard InChI is InChI=1S/C40H42N2O4S/c1-44-36-25-31(11-12-32(36)27-42-21-7-8-22-42)39(43)38-35-18-17-34(46-28-29-9-3-2-4-10-29)26-37(35)47-40(38)30-13-15-33(16-14-30)45-24-23-41-19-5-6-20-41/h2-4,9-18,25-26H,5-8,19-24,27-28H2,1H3. The van der Waals surface area contributed by atoms with E-state index in [-0.39, 0.29) is 5.78 Å². The second kappa shape index (κ2) is 14.7. The quantitative estimate of drug-likeness (QED) is 0.120. The predicted molar refractivity (Wildman–Crippen MR) is 190 cm³/mol. The Morgan fingerprint density at radius 2 is 1.49 bits per heavy atom. The summed E-state index contributed by atoms with van der Waals surface area (Å²) in [7, 11) is 1.69. The zero-order chi connectivity index (χ0) is 32.0. The van der Waals surface area contributed by atoms with Crippen molar-refractivity contribution in [2.45, 2.75) is 38.8 Å². The van der Waals surface area contributed by atoms with E-state index in [0.717, 1.165) is 88.2 Å². The summed E-state index contributed by atoms with van der Waals surface area (Å²) in [6.07, 6.45) is 5.03. The van der Waals surface area contributed by atoms with E-state index in [0.29, 0.717) is 24.3 Å². The molecule has 0 spiro atoms. The van der Waals surface area contributed by atoms with E-state index < -0.39 is 0 Å². The van der Waals surface area contributed by atoms with E-state index in [2.05, 4.69) is 46.2 Å². The topological polar surface area (TPSA) is 51.2 Å². The molecule has 0 aliphatic carbocycles. The smallest absolute Gasteiger partial charge is 0.195 e. The van der Waals surface area contributed by atoms with Crippen LogP contribution in [-0.2, 0) is 13.2 Å². The summed E-state index contributed by atoms with van der Waals surface area (Å²) in [5.41, 5.74) is 4.55. The van der Waals surface area contributed by atoms with Crippen molar-refractivity contribution in [1.29, 1.82) is 0 Å². The van der Waals surface area contributed by atoms with Crippen molar-refractivity contribution in [3.63, 3.8) is 0 Å². The van der Waals surface area contributed by atoms with Gasteiger partial charge in [0.25, 0.3) is 0 Å². The van der Waals surface area contributed by atoms with Crippen molar-refractivity contribution >= 4 is 27.2 Å². The highest BCUT2D eigenvalue weighted by atomic mass is 32.1. The monoisotopic (exact) mass is 646 g/mol. The average Bonchev–Trinajstić information content (AvgIpc) is 3.90. The van der Waals surface area contributed by atoms with Gasteiger partial charge in [-0.3, -0.25) is 14.6 Å². The molecular formula is C40H42N2O4S. The Bertz CT molecular complexity index is 1810. The number of likely N-dealkylation sites (tertiary alicyclic amines) is 2. The Hall–Kier alpha value is -4.17. The number of rotatable bonds is 13. The third kappa shape index (κ3) is 7.38. The van der Waals surface area contributed by atoms with Crippen LogP contribution in [0.5, 0.6) is 17.2 Å². The third-order valence-electron chi connectivity index (χ3n) is 9.27. The molecule has 7 rings (SSSR count). The maximum atomic E-state index is 14.4. The summed E-state index contributed by atoms with van der Waals surface area (Å²) in [4.78, 5) is 20.3. The molecule has 6 nitrogen and oxygen atoms in total. The first-order chi connectivity index (χ1) is 23.1. The second-order valence-corrected chi connectivity index (χ2v) is 13.6. The van der Waals surface area contributed by atoms with Gasteiger partial charge in [0.15, 0.2) is 5.78 Å². The van der Waals surface area contributed by atoms with Crippen molar-refractivity contribution in [3.05, 3.63) is 113 Å². The van der Waals surface area contributed by atoms with Crippen LogP contribution in [0.15, 0.2) is 91.0 Å². The molecule has 2 aliphatic heterocycles.